The Hall–Kier alpha value is -2.07. The minimum atomic E-state index is -3.80. The number of nitrogens with zero attached hydrogens (tertiary/aromatic N) is 1. The van der Waals surface area contributed by atoms with Crippen LogP contribution in [-0.4, -0.2) is 33.1 Å². The number of nitrogens with one attached hydrogen (secondary N) is 3. The number of sulfonamides is 2. The first-order valence-corrected chi connectivity index (χ1v) is 9.15. The van der Waals surface area contributed by atoms with Gasteiger partial charge in [0.2, 0.25) is 10.0 Å². The molecule has 8 nitrogen and oxygen atoms in total. The van der Waals surface area contributed by atoms with Gasteiger partial charge in [-0.05, 0) is 25.1 Å². The van der Waals surface area contributed by atoms with Crippen LogP contribution in [0.1, 0.15) is 5.82 Å². The van der Waals surface area contributed by atoms with Crippen LogP contribution >= 0.6 is 0 Å². The van der Waals surface area contributed by atoms with E-state index in [2.05, 4.69) is 19.4 Å². The van der Waals surface area contributed by atoms with Crippen LogP contribution in [0.15, 0.2) is 35.5 Å². The van der Waals surface area contributed by atoms with Crippen molar-refractivity contribution in [2.45, 2.75) is 11.9 Å². The van der Waals surface area contributed by atoms with Crippen molar-refractivity contribution in [3.05, 3.63) is 36.3 Å². The molecule has 0 spiro atoms. The summed E-state index contributed by atoms with van der Waals surface area (Å²) in [7, 11) is -7.23. The molecule has 114 valence electrons. The third-order valence-corrected chi connectivity index (χ3v) is 4.28. The number of anilines is 2. The standard InChI is InChI=1S/C11H14N4O4S2/c1-8-12-7-11(13-8)21(18,19)15-10-5-3-4-9(6-10)14-20(2,16)17/h3-7,14-15H,1-2H3,(H,12,13). The van der Waals surface area contributed by atoms with Crippen LogP contribution in [0.5, 0.6) is 0 Å². The fraction of sp³-hybridized carbons (Fsp3) is 0.182. The molecule has 3 N–H and O–H groups in total. The molecule has 0 unspecified atom stereocenters. The van der Waals surface area contributed by atoms with Crippen molar-refractivity contribution in [1.82, 2.24) is 9.97 Å². The maximum Gasteiger partial charge on any atom is 0.278 e. The van der Waals surface area contributed by atoms with Crippen LogP contribution in [0.25, 0.3) is 0 Å². The van der Waals surface area contributed by atoms with Gasteiger partial charge in [-0.1, -0.05) is 6.07 Å². The van der Waals surface area contributed by atoms with E-state index in [0.717, 1.165) is 6.26 Å². The van der Waals surface area contributed by atoms with Crippen LogP contribution in [-0.2, 0) is 20.0 Å². The molecule has 1 aromatic carbocycles. The predicted octanol–water partition coefficient (Wildman–Crippen LogP) is 0.890. The number of aryl methyl sites for hydroxylation is 1. The minimum absolute atomic E-state index is 0.0681. The van der Waals surface area contributed by atoms with Crippen molar-refractivity contribution in [3.63, 3.8) is 0 Å². The third kappa shape index (κ3) is 4.20. The average molecular weight is 330 g/mol. The number of H-pyrrole nitrogens is 1. The number of hydrogen-bond donors (Lipinski definition) is 3. The van der Waals surface area contributed by atoms with Gasteiger partial charge in [-0.15, -0.1) is 0 Å². The molecule has 0 atom stereocenters. The van der Waals surface area contributed by atoms with E-state index in [4.69, 9.17) is 0 Å². The normalized spacial score (nSPS) is 12.1. The van der Waals surface area contributed by atoms with Gasteiger partial charge in [0.25, 0.3) is 10.0 Å². The molecule has 0 amide bonds. The van der Waals surface area contributed by atoms with Gasteiger partial charge in [0.05, 0.1) is 23.8 Å². The van der Waals surface area contributed by atoms with E-state index in [1.165, 1.54) is 30.5 Å². The van der Waals surface area contributed by atoms with Crippen molar-refractivity contribution in [2.24, 2.45) is 0 Å². The first-order valence-electron chi connectivity index (χ1n) is 5.78. The molecule has 10 heteroatoms. The molecule has 0 saturated heterocycles. The fourth-order valence-corrected chi connectivity index (χ4v) is 3.18. The zero-order chi connectivity index (χ0) is 15.7. The number of benzene rings is 1. The van der Waals surface area contributed by atoms with E-state index in [1.54, 1.807) is 6.92 Å². The molecule has 0 fully saturated rings. The maximum atomic E-state index is 12.1. The summed E-state index contributed by atoms with van der Waals surface area (Å²) in [6.45, 7) is 1.63. The highest BCUT2D eigenvalue weighted by Gasteiger charge is 2.16. The fourth-order valence-electron chi connectivity index (χ4n) is 1.61. The summed E-state index contributed by atoms with van der Waals surface area (Å²) in [4.78, 5) is 6.44. The Morgan fingerprint density at radius 3 is 2.24 bits per heavy atom. The van der Waals surface area contributed by atoms with E-state index in [-0.39, 0.29) is 16.4 Å². The number of hydrogen-bond acceptors (Lipinski definition) is 5. The molecule has 2 rings (SSSR count). The van der Waals surface area contributed by atoms with Crippen LogP contribution in [0.2, 0.25) is 0 Å². The van der Waals surface area contributed by atoms with Gasteiger partial charge >= 0.3 is 0 Å². The van der Waals surface area contributed by atoms with Crippen molar-refractivity contribution >= 4 is 31.4 Å². The molecular formula is C11H14N4O4S2. The third-order valence-electron chi connectivity index (χ3n) is 2.39. The molecule has 0 bridgehead atoms. The van der Waals surface area contributed by atoms with Gasteiger partial charge in [0.15, 0.2) is 5.03 Å². The van der Waals surface area contributed by atoms with Gasteiger partial charge in [0, 0.05) is 0 Å². The van der Waals surface area contributed by atoms with Crippen molar-refractivity contribution in [3.8, 4) is 0 Å². The van der Waals surface area contributed by atoms with Gasteiger partial charge < -0.3 is 4.98 Å². The second kappa shape index (κ2) is 5.37. The van der Waals surface area contributed by atoms with Crippen LogP contribution in [0.4, 0.5) is 11.4 Å². The zero-order valence-corrected chi connectivity index (χ0v) is 12.9. The van der Waals surface area contributed by atoms with Crippen LogP contribution in [0.3, 0.4) is 0 Å². The summed E-state index contributed by atoms with van der Waals surface area (Å²) < 4.78 is 51.1. The smallest absolute Gasteiger partial charge is 0.278 e. The van der Waals surface area contributed by atoms with Gasteiger partial charge in [-0.2, -0.15) is 8.42 Å². The lowest BCUT2D eigenvalue weighted by Crippen LogP contribution is -2.14. The summed E-state index contributed by atoms with van der Waals surface area (Å²) in [6, 6.07) is 5.93. The van der Waals surface area contributed by atoms with E-state index in [1.807, 2.05) is 0 Å². The molecule has 21 heavy (non-hydrogen) atoms. The van der Waals surface area contributed by atoms with E-state index in [9.17, 15) is 16.8 Å². The quantitative estimate of drug-likeness (QED) is 0.752. The predicted molar refractivity (Wildman–Crippen MR) is 79.0 cm³/mol. The number of imidazole rings is 1. The molecule has 1 aromatic heterocycles. The molecule has 0 saturated carbocycles. The number of rotatable bonds is 5. The first kappa shape index (κ1) is 15.3. The maximum absolute atomic E-state index is 12.1. The Morgan fingerprint density at radius 1 is 1.10 bits per heavy atom. The second-order valence-electron chi connectivity index (χ2n) is 4.39. The lowest BCUT2D eigenvalue weighted by molar-refractivity contribution is 0.598. The van der Waals surface area contributed by atoms with Crippen molar-refractivity contribution in [2.75, 3.05) is 15.7 Å². The Morgan fingerprint density at radius 2 is 1.71 bits per heavy atom. The second-order valence-corrected chi connectivity index (χ2v) is 7.79. The lowest BCUT2D eigenvalue weighted by atomic mass is 10.3. The van der Waals surface area contributed by atoms with Crippen LogP contribution < -0.4 is 9.44 Å². The van der Waals surface area contributed by atoms with Gasteiger partial charge in [-0.25, -0.2) is 13.4 Å². The Bertz CT molecular complexity index is 856. The largest absolute Gasteiger partial charge is 0.332 e. The van der Waals surface area contributed by atoms with Gasteiger partial charge in [-0.3, -0.25) is 9.44 Å². The van der Waals surface area contributed by atoms with Gasteiger partial charge in [0.1, 0.15) is 5.82 Å². The summed E-state index contributed by atoms with van der Waals surface area (Å²) in [6.07, 6.45) is 2.22. The zero-order valence-electron chi connectivity index (χ0n) is 11.3. The molecule has 2 aromatic rings. The summed E-state index contributed by atoms with van der Waals surface area (Å²) in [5.74, 6) is 0.475. The molecule has 0 aliphatic heterocycles. The molecule has 1 heterocycles. The molecule has 0 aliphatic carbocycles. The van der Waals surface area contributed by atoms with Crippen LogP contribution in [0, 0.1) is 6.92 Å². The first-order chi connectivity index (χ1) is 9.66. The lowest BCUT2D eigenvalue weighted by Gasteiger charge is -2.09. The number of aromatic amines is 1. The Labute approximate surface area is 122 Å². The molecule has 0 aliphatic rings. The van der Waals surface area contributed by atoms with Crippen molar-refractivity contribution < 1.29 is 16.8 Å². The highest BCUT2D eigenvalue weighted by Crippen LogP contribution is 2.19. The minimum Gasteiger partial charge on any atom is -0.332 e. The van der Waals surface area contributed by atoms with E-state index in [0.29, 0.717) is 5.82 Å². The number of aromatic nitrogens is 2. The van der Waals surface area contributed by atoms with E-state index >= 15 is 0 Å². The summed E-state index contributed by atoms with van der Waals surface area (Å²) in [5.41, 5.74) is 0.495. The highest BCUT2D eigenvalue weighted by atomic mass is 32.2. The monoisotopic (exact) mass is 330 g/mol. The van der Waals surface area contributed by atoms with Crippen molar-refractivity contribution in [1.29, 1.82) is 0 Å². The average Bonchev–Trinajstić information content (AvgIpc) is 2.74. The molecule has 0 radical (unpaired) electrons. The summed E-state index contributed by atoms with van der Waals surface area (Å²) in [5, 5.41) is -0.0681. The highest BCUT2D eigenvalue weighted by molar-refractivity contribution is 7.92. The summed E-state index contributed by atoms with van der Waals surface area (Å²) >= 11 is 0. The molecular weight excluding hydrogens is 316 g/mol. The Kier molecular flexibility index (Phi) is 3.92. The SMILES string of the molecule is Cc1ncc(S(=O)(=O)Nc2cccc(NS(C)(=O)=O)c2)[nH]1. The van der Waals surface area contributed by atoms with E-state index < -0.39 is 20.0 Å². The topological polar surface area (TPSA) is 121 Å². The Balaban J connectivity index is 2.26.